The zero-order valence-electron chi connectivity index (χ0n) is 15.2. The van der Waals surface area contributed by atoms with E-state index in [0.717, 1.165) is 22.0 Å². The molecule has 3 rings (SSSR count). The molecule has 0 bridgehead atoms. The van der Waals surface area contributed by atoms with E-state index < -0.39 is 10.0 Å². The lowest BCUT2D eigenvalue weighted by Gasteiger charge is -2.10. The Bertz CT molecular complexity index is 1090. The third kappa shape index (κ3) is 4.23. The molecule has 0 spiro atoms. The topological polar surface area (TPSA) is 51.5 Å². The zero-order chi connectivity index (χ0) is 19.8. The molecule has 2 aromatic carbocycles. The van der Waals surface area contributed by atoms with Crippen LogP contribution in [0.5, 0.6) is 5.75 Å². The van der Waals surface area contributed by atoms with Crippen molar-refractivity contribution >= 4 is 52.8 Å². The minimum atomic E-state index is -3.78. The first kappa shape index (κ1) is 20.4. The van der Waals surface area contributed by atoms with Crippen molar-refractivity contribution in [1.29, 1.82) is 0 Å². The summed E-state index contributed by atoms with van der Waals surface area (Å²) in [7, 11) is 0.140. The van der Waals surface area contributed by atoms with Gasteiger partial charge in [0.2, 0.25) is 0 Å². The van der Waals surface area contributed by atoms with Gasteiger partial charge < -0.3 is 9.64 Å². The van der Waals surface area contributed by atoms with E-state index in [2.05, 4.69) is 31.9 Å². The molecule has 0 aliphatic rings. The Balaban J connectivity index is 2.13. The fourth-order valence-electron chi connectivity index (χ4n) is 2.72. The van der Waals surface area contributed by atoms with E-state index >= 15 is 0 Å². The van der Waals surface area contributed by atoms with Gasteiger partial charge in [0, 0.05) is 20.9 Å². The highest BCUT2D eigenvalue weighted by Gasteiger charge is 2.24. The highest BCUT2D eigenvalue weighted by Crippen LogP contribution is 2.35. The molecule has 0 atom stereocenters. The van der Waals surface area contributed by atoms with Gasteiger partial charge in [-0.25, -0.2) is 12.4 Å². The molecule has 27 heavy (non-hydrogen) atoms. The van der Waals surface area contributed by atoms with Crippen LogP contribution in [0.1, 0.15) is 5.56 Å². The molecule has 3 aromatic rings. The SMILES string of the molecule is Cc1ccc(S(=O)(=O)n2cc(OCCN(C)C)c3cc(Br)ccc32)c(Br)c1. The molecule has 0 aliphatic carbocycles. The van der Waals surface area contributed by atoms with Gasteiger partial charge in [-0.15, -0.1) is 0 Å². The van der Waals surface area contributed by atoms with Crippen molar-refractivity contribution in [2.24, 2.45) is 0 Å². The maximum absolute atomic E-state index is 13.3. The molecule has 0 amide bonds. The Kier molecular flexibility index (Phi) is 6.00. The first-order chi connectivity index (χ1) is 12.7. The monoisotopic (exact) mass is 514 g/mol. The third-order valence-corrected chi connectivity index (χ3v) is 7.26. The predicted octanol–water partition coefficient (Wildman–Crippen LogP) is 4.65. The van der Waals surface area contributed by atoms with Crippen molar-refractivity contribution < 1.29 is 13.2 Å². The number of nitrogens with zero attached hydrogens (tertiary/aromatic N) is 2. The lowest BCUT2D eigenvalue weighted by molar-refractivity contribution is 0.263. The molecule has 8 heteroatoms. The number of likely N-dealkylation sites (N-methyl/N-ethyl adjacent to an activating group) is 1. The fraction of sp³-hybridized carbons (Fsp3) is 0.263. The predicted molar refractivity (Wildman–Crippen MR) is 115 cm³/mol. The minimum absolute atomic E-state index is 0.216. The van der Waals surface area contributed by atoms with E-state index in [1.54, 1.807) is 30.5 Å². The van der Waals surface area contributed by atoms with E-state index in [4.69, 9.17) is 4.74 Å². The van der Waals surface area contributed by atoms with Gasteiger partial charge in [0.25, 0.3) is 10.0 Å². The lowest BCUT2D eigenvalue weighted by atomic mass is 10.2. The number of aromatic nitrogens is 1. The average molecular weight is 516 g/mol. The van der Waals surface area contributed by atoms with Crippen molar-refractivity contribution in [1.82, 2.24) is 8.87 Å². The first-order valence-electron chi connectivity index (χ1n) is 8.30. The minimum Gasteiger partial charge on any atom is -0.490 e. The molecule has 0 saturated carbocycles. The van der Waals surface area contributed by atoms with Crippen LogP contribution < -0.4 is 4.74 Å². The number of hydrogen-bond acceptors (Lipinski definition) is 4. The van der Waals surface area contributed by atoms with Crippen LogP contribution in [0.2, 0.25) is 0 Å². The second kappa shape index (κ2) is 7.95. The Morgan fingerprint density at radius 1 is 1.11 bits per heavy atom. The maximum Gasteiger partial charge on any atom is 0.269 e. The number of halogens is 2. The Labute approximate surface area is 176 Å². The van der Waals surface area contributed by atoms with Gasteiger partial charge in [0.1, 0.15) is 17.3 Å². The molecular formula is C19H20Br2N2O3S. The van der Waals surface area contributed by atoms with Crippen LogP contribution in [0.3, 0.4) is 0 Å². The van der Waals surface area contributed by atoms with E-state index in [1.165, 1.54) is 3.97 Å². The molecule has 1 heterocycles. The standard InChI is InChI=1S/C19H20Br2N2O3S/c1-13-4-7-19(16(21)10-13)27(24,25)23-12-18(26-9-8-22(2)3)15-11-14(20)5-6-17(15)23/h4-7,10-12H,8-9H2,1-3H3. The van der Waals surface area contributed by atoms with Crippen LogP contribution in [0.4, 0.5) is 0 Å². The molecule has 0 aliphatic heterocycles. The summed E-state index contributed by atoms with van der Waals surface area (Å²) in [4.78, 5) is 2.22. The second-order valence-electron chi connectivity index (χ2n) is 6.54. The summed E-state index contributed by atoms with van der Waals surface area (Å²) in [6.45, 7) is 3.12. The Hall–Kier alpha value is -1.35. The van der Waals surface area contributed by atoms with Crippen LogP contribution in [0, 0.1) is 6.92 Å². The smallest absolute Gasteiger partial charge is 0.269 e. The average Bonchev–Trinajstić information content (AvgIpc) is 2.93. The van der Waals surface area contributed by atoms with Crippen molar-refractivity contribution in [3.8, 4) is 5.75 Å². The highest BCUT2D eigenvalue weighted by atomic mass is 79.9. The van der Waals surface area contributed by atoms with Gasteiger partial charge in [-0.05, 0) is 72.8 Å². The largest absolute Gasteiger partial charge is 0.490 e. The van der Waals surface area contributed by atoms with Crippen molar-refractivity contribution in [3.63, 3.8) is 0 Å². The van der Waals surface area contributed by atoms with E-state index in [0.29, 0.717) is 22.3 Å². The van der Waals surface area contributed by atoms with Gasteiger partial charge >= 0.3 is 0 Å². The van der Waals surface area contributed by atoms with Crippen LogP contribution in [-0.4, -0.2) is 44.5 Å². The molecule has 0 radical (unpaired) electrons. The van der Waals surface area contributed by atoms with Crippen molar-refractivity contribution in [3.05, 3.63) is 57.1 Å². The van der Waals surface area contributed by atoms with E-state index in [1.807, 2.05) is 38.1 Å². The molecule has 144 valence electrons. The van der Waals surface area contributed by atoms with Crippen LogP contribution in [-0.2, 0) is 10.0 Å². The molecular weight excluding hydrogens is 496 g/mol. The first-order valence-corrected chi connectivity index (χ1v) is 11.3. The Morgan fingerprint density at radius 2 is 1.85 bits per heavy atom. The summed E-state index contributed by atoms with van der Waals surface area (Å²) < 4.78 is 35.2. The molecule has 0 unspecified atom stereocenters. The normalized spacial score (nSPS) is 12.1. The highest BCUT2D eigenvalue weighted by molar-refractivity contribution is 9.10. The van der Waals surface area contributed by atoms with Gasteiger partial charge in [-0.1, -0.05) is 22.0 Å². The summed E-state index contributed by atoms with van der Waals surface area (Å²) in [6.07, 6.45) is 1.55. The fourth-order valence-corrected chi connectivity index (χ4v) is 5.59. The number of rotatable bonds is 6. The lowest BCUT2D eigenvalue weighted by Crippen LogP contribution is -2.19. The number of ether oxygens (including phenoxy) is 1. The molecule has 0 saturated heterocycles. The van der Waals surface area contributed by atoms with Gasteiger partial charge in [0.05, 0.1) is 11.7 Å². The van der Waals surface area contributed by atoms with Gasteiger partial charge in [-0.3, -0.25) is 0 Å². The van der Waals surface area contributed by atoms with Gasteiger partial charge in [0.15, 0.2) is 0 Å². The van der Waals surface area contributed by atoms with Crippen molar-refractivity contribution in [2.45, 2.75) is 11.8 Å². The Morgan fingerprint density at radius 3 is 2.52 bits per heavy atom. The van der Waals surface area contributed by atoms with Gasteiger partial charge in [-0.2, -0.15) is 0 Å². The number of benzene rings is 2. The molecule has 1 aromatic heterocycles. The molecule has 5 nitrogen and oxygen atoms in total. The van der Waals surface area contributed by atoms with Crippen molar-refractivity contribution in [2.75, 3.05) is 27.2 Å². The second-order valence-corrected chi connectivity index (χ2v) is 10.1. The number of hydrogen-bond donors (Lipinski definition) is 0. The molecule has 0 fully saturated rings. The number of fused-ring (bicyclic) bond motifs is 1. The molecule has 0 N–H and O–H groups in total. The summed E-state index contributed by atoms with van der Waals surface area (Å²) in [5.74, 6) is 0.542. The van der Waals surface area contributed by atoms with Crippen LogP contribution in [0.15, 0.2) is 56.4 Å². The van der Waals surface area contributed by atoms with E-state index in [9.17, 15) is 8.42 Å². The number of aryl methyl sites for hydroxylation is 1. The van der Waals surface area contributed by atoms with Crippen LogP contribution >= 0.6 is 31.9 Å². The summed E-state index contributed by atoms with van der Waals surface area (Å²) in [5.41, 5.74) is 1.56. The summed E-state index contributed by atoms with van der Waals surface area (Å²) in [6, 6.07) is 10.7. The quantitative estimate of drug-likeness (QED) is 0.479. The maximum atomic E-state index is 13.3. The summed E-state index contributed by atoms with van der Waals surface area (Å²) >= 11 is 6.84. The van der Waals surface area contributed by atoms with E-state index in [-0.39, 0.29) is 4.90 Å². The van der Waals surface area contributed by atoms with Crippen LogP contribution in [0.25, 0.3) is 10.9 Å². The summed E-state index contributed by atoms with van der Waals surface area (Å²) in [5, 5.41) is 0.745. The zero-order valence-corrected chi connectivity index (χ0v) is 19.2. The third-order valence-electron chi connectivity index (χ3n) is 4.12.